The Morgan fingerprint density at radius 2 is 1.74 bits per heavy atom. The van der Waals surface area contributed by atoms with Gasteiger partial charge in [0.2, 0.25) is 9.84 Å². The van der Waals surface area contributed by atoms with E-state index in [9.17, 15) is 23.3 Å². The van der Waals surface area contributed by atoms with E-state index in [1.54, 1.807) is 30.3 Å². The van der Waals surface area contributed by atoms with Gasteiger partial charge in [0.15, 0.2) is 0 Å². The van der Waals surface area contributed by atoms with Crippen LogP contribution in [0.1, 0.15) is 17.3 Å². The summed E-state index contributed by atoms with van der Waals surface area (Å²) in [6.07, 6.45) is 0. The first-order chi connectivity index (χ1) is 14.7. The van der Waals surface area contributed by atoms with Crippen LogP contribution in [-0.4, -0.2) is 25.9 Å². The summed E-state index contributed by atoms with van der Waals surface area (Å²) in [4.78, 5) is 22.5. The van der Waals surface area contributed by atoms with E-state index in [0.717, 1.165) is 12.1 Å². The summed E-state index contributed by atoms with van der Waals surface area (Å²) in [5.74, 6) is -0.000722. The van der Waals surface area contributed by atoms with Crippen molar-refractivity contribution in [1.82, 2.24) is 0 Å². The number of carbonyl (C=O) groups excluding carboxylic acids is 1. The molecule has 1 N–H and O–H groups in total. The summed E-state index contributed by atoms with van der Waals surface area (Å²) in [5, 5.41) is 14.1. The number of hydrogen-bond acceptors (Lipinski definition) is 6. The van der Waals surface area contributed by atoms with Gasteiger partial charge >= 0.3 is 0 Å². The Morgan fingerprint density at radius 3 is 2.35 bits per heavy atom. The van der Waals surface area contributed by atoms with Crippen molar-refractivity contribution in [3.05, 3.63) is 87.4 Å². The maximum absolute atomic E-state index is 12.9. The average molecular weight is 461 g/mol. The lowest BCUT2D eigenvalue weighted by molar-refractivity contribution is -0.387. The molecule has 31 heavy (non-hydrogen) atoms. The highest BCUT2D eigenvalue weighted by Crippen LogP contribution is 2.33. The molecule has 3 aromatic carbocycles. The van der Waals surface area contributed by atoms with Crippen LogP contribution in [0.3, 0.4) is 0 Å². The molecule has 3 rings (SSSR count). The van der Waals surface area contributed by atoms with Gasteiger partial charge in [-0.25, -0.2) is 8.42 Å². The zero-order valence-corrected chi connectivity index (χ0v) is 17.8. The van der Waals surface area contributed by atoms with Crippen molar-refractivity contribution in [3.63, 3.8) is 0 Å². The van der Waals surface area contributed by atoms with Gasteiger partial charge < -0.3 is 10.1 Å². The number of hydrogen-bond donors (Lipinski definition) is 1. The number of nitro benzene ring substituents is 1. The first-order valence-corrected chi connectivity index (χ1v) is 10.9. The van der Waals surface area contributed by atoms with Crippen molar-refractivity contribution in [2.45, 2.75) is 16.7 Å². The van der Waals surface area contributed by atoms with Gasteiger partial charge in [0.1, 0.15) is 10.6 Å². The Balaban J connectivity index is 1.94. The number of nitrogens with zero attached hydrogens (tertiary/aromatic N) is 1. The SMILES string of the molecule is CCOc1ccc(NC(=O)c2ccc(S(=O)(=O)c3ccccc3Cl)c([N+](=O)[O-])c2)cc1. The summed E-state index contributed by atoms with van der Waals surface area (Å²) < 4.78 is 31.2. The monoisotopic (exact) mass is 460 g/mol. The van der Waals surface area contributed by atoms with Gasteiger partial charge in [-0.3, -0.25) is 14.9 Å². The largest absolute Gasteiger partial charge is 0.494 e. The molecule has 0 heterocycles. The van der Waals surface area contributed by atoms with Crippen LogP contribution in [0.15, 0.2) is 76.5 Å². The van der Waals surface area contributed by atoms with Crippen LogP contribution in [-0.2, 0) is 9.84 Å². The molecule has 0 aliphatic carbocycles. The molecule has 0 aliphatic rings. The van der Waals surface area contributed by atoms with Crippen molar-refractivity contribution in [2.75, 3.05) is 11.9 Å². The molecule has 0 aromatic heterocycles. The molecule has 0 saturated carbocycles. The van der Waals surface area contributed by atoms with Crippen molar-refractivity contribution in [3.8, 4) is 5.75 Å². The molecule has 0 fully saturated rings. The smallest absolute Gasteiger partial charge is 0.289 e. The third kappa shape index (κ3) is 4.84. The molecule has 10 heteroatoms. The van der Waals surface area contributed by atoms with Crippen molar-refractivity contribution in [2.24, 2.45) is 0 Å². The van der Waals surface area contributed by atoms with Crippen LogP contribution in [0.5, 0.6) is 5.75 Å². The van der Waals surface area contributed by atoms with Crippen molar-refractivity contribution in [1.29, 1.82) is 0 Å². The Morgan fingerprint density at radius 1 is 1.06 bits per heavy atom. The van der Waals surface area contributed by atoms with E-state index in [2.05, 4.69) is 5.32 Å². The lowest BCUT2D eigenvalue weighted by Crippen LogP contribution is -2.13. The van der Waals surface area contributed by atoms with Gasteiger partial charge in [0, 0.05) is 17.3 Å². The summed E-state index contributed by atoms with van der Waals surface area (Å²) in [5.41, 5.74) is -0.346. The van der Waals surface area contributed by atoms with Crippen LogP contribution in [0.25, 0.3) is 0 Å². The molecular weight excluding hydrogens is 444 g/mol. The number of amides is 1. The van der Waals surface area contributed by atoms with E-state index in [4.69, 9.17) is 16.3 Å². The molecule has 0 bridgehead atoms. The minimum Gasteiger partial charge on any atom is -0.494 e. The molecule has 8 nitrogen and oxygen atoms in total. The highest BCUT2D eigenvalue weighted by atomic mass is 35.5. The normalized spacial score (nSPS) is 11.0. The zero-order chi connectivity index (χ0) is 22.6. The van der Waals surface area contributed by atoms with E-state index >= 15 is 0 Å². The van der Waals surface area contributed by atoms with Crippen LogP contribution in [0.4, 0.5) is 11.4 Å². The lowest BCUT2D eigenvalue weighted by atomic mass is 10.2. The summed E-state index contributed by atoms with van der Waals surface area (Å²) in [6.45, 7) is 2.34. The minimum atomic E-state index is -4.28. The van der Waals surface area contributed by atoms with Crippen LogP contribution in [0.2, 0.25) is 5.02 Å². The van der Waals surface area contributed by atoms with Gasteiger partial charge in [-0.2, -0.15) is 0 Å². The Kier molecular flexibility index (Phi) is 6.57. The van der Waals surface area contributed by atoms with Crippen LogP contribution >= 0.6 is 11.6 Å². The van der Waals surface area contributed by atoms with Crippen LogP contribution < -0.4 is 10.1 Å². The number of benzene rings is 3. The number of carbonyl (C=O) groups is 1. The Bertz CT molecular complexity index is 1240. The quantitative estimate of drug-likeness (QED) is 0.402. The Labute approximate surface area is 183 Å². The molecule has 0 unspecified atom stereocenters. The standard InChI is InChI=1S/C21H17ClN2O6S/c1-2-30-16-10-8-15(9-11-16)23-21(25)14-7-12-20(18(13-14)24(26)27)31(28,29)19-6-4-3-5-17(19)22/h3-13H,2H2,1H3,(H,23,25). The van der Waals surface area contributed by atoms with Crippen molar-refractivity contribution < 1.29 is 22.9 Å². The number of nitro groups is 1. The van der Waals surface area contributed by atoms with Crippen molar-refractivity contribution >= 4 is 38.7 Å². The first kappa shape index (κ1) is 22.3. The van der Waals surface area contributed by atoms with E-state index in [1.807, 2.05) is 6.92 Å². The lowest BCUT2D eigenvalue weighted by Gasteiger charge is -2.10. The first-order valence-electron chi connectivity index (χ1n) is 9.06. The number of sulfone groups is 1. The second-order valence-corrected chi connectivity index (χ2v) is 8.58. The molecular formula is C21H17ClN2O6S. The molecule has 1 amide bonds. The number of nitrogens with one attached hydrogen (secondary N) is 1. The van der Waals surface area contributed by atoms with Gasteiger partial charge in [-0.15, -0.1) is 0 Å². The average Bonchev–Trinajstić information content (AvgIpc) is 2.75. The Hall–Kier alpha value is -3.43. The second kappa shape index (κ2) is 9.15. The predicted octanol–water partition coefficient (Wildman–Crippen LogP) is 4.73. The zero-order valence-electron chi connectivity index (χ0n) is 16.2. The van der Waals surface area contributed by atoms with E-state index in [0.29, 0.717) is 18.0 Å². The maximum Gasteiger partial charge on any atom is 0.289 e. The van der Waals surface area contributed by atoms with E-state index in [-0.39, 0.29) is 15.5 Å². The van der Waals surface area contributed by atoms with Gasteiger partial charge in [0.25, 0.3) is 11.6 Å². The summed E-state index contributed by atoms with van der Waals surface area (Å²) >= 11 is 5.97. The van der Waals surface area contributed by atoms with Gasteiger partial charge in [-0.05, 0) is 55.5 Å². The summed E-state index contributed by atoms with van der Waals surface area (Å²) in [7, 11) is -4.28. The molecule has 0 saturated heterocycles. The maximum atomic E-state index is 12.9. The number of anilines is 1. The van der Waals surface area contributed by atoms with Gasteiger partial charge in [-0.1, -0.05) is 23.7 Å². The third-order valence-electron chi connectivity index (χ3n) is 4.26. The molecule has 0 radical (unpaired) electrons. The fourth-order valence-electron chi connectivity index (χ4n) is 2.81. The highest BCUT2D eigenvalue weighted by Gasteiger charge is 2.30. The topological polar surface area (TPSA) is 116 Å². The van der Waals surface area contributed by atoms with E-state index < -0.39 is 31.3 Å². The molecule has 0 aliphatic heterocycles. The fourth-order valence-corrected chi connectivity index (χ4v) is 4.73. The fraction of sp³-hybridized carbons (Fsp3) is 0.0952. The highest BCUT2D eigenvalue weighted by molar-refractivity contribution is 7.91. The van der Waals surface area contributed by atoms with Gasteiger partial charge in [0.05, 0.1) is 21.4 Å². The number of rotatable bonds is 7. The molecule has 0 spiro atoms. The number of ether oxygens (including phenoxy) is 1. The predicted molar refractivity (Wildman–Crippen MR) is 116 cm³/mol. The minimum absolute atomic E-state index is 0.0610. The van der Waals surface area contributed by atoms with E-state index in [1.165, 1.54) is 24.3 Å². The third-order valence-corrected chi connectivity index (χ3v) is 6.56. The molecule has 3 aromatic rings. The second-order valence-electron chi connectivity index (χ2n) is 6.28. The van der Waals surface area contributed by atoms with Crippen LogP contribution in [0, 0.1) is 10.1 Å². The summed E-state index contributed by atoms with van der Waals surface area (Å²) in [6, 6.07) is 15.4. The molecule has 0 atom stereocenters. The molecule has 160 valence electrons. The number of halogens is 1.